The number of hydrogen-bond acceptors (Lipinski definition) is 4. The Labute approximate surface area is 162 Å². The Morgan fingerprint density at radius 2 is 1.93 bits per heavy atom. The fourth-order valence-corrected chi connectivity index (χ4v) is 3.65. The lowest BCUT2D eigenvalue weighted by atomic mass is 9.90. The highest BCUT2D eigenvalue weighted by Crippen LogP contribution is 2.36. The molecule has 0 saturated carbocycles. The predicted molar refractivity (Wildman–Crippen MR) is 105 cm³/mol. The normalized spacial score (nSPS) is 22.4. The molecule has 1 fully saturated rings. The van der Waals surface area contributed by atoms with E-state index in [0.717, 1.165) is 6.42 Å². The molecule has 1 saturated heterocycles. The summed E-state index contributed by atoms with van der Waals surface area (Å²) in [6.07, 6.45) is 3.28. The van der Waals surface area contributed by atoms with Crippen LogP contribution < -0.4 is 0 Å². The van der Waals surface area contributed by atoms with Crippen molar-refractivity contribution in [1.29, 1.82) is 0 Å². The summed E-state index contributed by atoms with van der Waals surface area (Å²) in [5.74, 6) is -0.236. The summed E-state index contributed by atoms with van der Waals surface area (Å²) in [5.41, 5.74) is 0.553. The van der Waals surface area contributed by atoms with E-state index in [1.54, 1.807) is 17.9 Å². The Morgan fingerprint density at radius 1 is 1.26 bits per heavy atom. The standard InChI is InChI=1S/C22H31NO4/c1-6-11-18-17(14-16-12-9-8-10-13-16)15-19(20(24)26-7-2)23(18)21(25)27-22(3,4)5/h6,8-10,12-13,17-19H,1,7,11,14-15H2,2-5H3/t17-,18+,19+/m1/s1. The molecular weight excluding hydrogens is 342 g/mol. The molecule has 5 nitrogen and oxygen atoms in total. The van der Waals surface area contributed by atoms with Crippen molar-refractivity contribution in [2.24, 2.45) is 5.92 Å². The maximum atomic E-state index is 12.9. The molecule has 1 aromatic rings. The number of benzene rings is 1. The van der Waals surface area contributed by atoms with Crippen LogP contribution >= 0.6 is 0 Å². The molecular formula is C22H31NO4. The van der Waals surface area contributed by atoms with Gasteiger partial charge in [-0.15, -0.1) is 6.58 Å². The molecule has 1 aromatic carbocycles. The van der Waals surface area contributed by atoms with Gasteiger partial charge in [0, 0.05) is 6.04 Å². The SMILES string of the molecule is C=CC[C@H]1[C@H](Cc2ccccc2)C[C@@H](C(=O)OCC)N1C(=O)OC(C)(C)C. The molecule has 0 radical (unpaired) electrons. The molecule has 1 aliphatic rings. The molecule has 27 heavy (non-hydrogen) atoms. The van der Waals surface area contributed by atoms with Gasteiger partial charge >= 0.3 is 12.1 Å². The second-order valence-electron chi connectivity index (χ2n) is 7.93. The number of carbonyl (C=O) groups excluding carboxylic acids is 2. The molecule has 0 spiro atoms. The minimum atomic E-state index is -0.632. The van der Waals surface area contributed by atoms with Gasteiger partial charge in [0.25, 0.3) is 0 Å². The number of ether oxygens (including phenoxy) is 2. The first-order chi connectivity index (χ1) is 12.8. The van der Waals surface area contributed by atoms with E-state index in [9.17, 15) is 9.59 Å². The van der Waals surface area contributed by atoms with Crippen LogP contribution in [-0.2, 0) is 20.7 Å². The molecule has 1 heterocycles. The van der Waals surface area contributed by atoms with Crippen LogP contribution in [0.5, 0.6) is 0 Å². The highest BCUT2D eigenvalue weighted by molar-refractivity contribution is 5.82. The third-order valence-corrected chi connectivity index (χ3v) is 4.68. The molecule has 2 rings (SSSR count). The van der Waals surface area contributed by atoms with Gasteiger partial charge in [0.2, 0.25) is 0 Å². The zero-order chi connectivity index (χ0) is 20.0. The van der Waals surface area contributed by atoms with Crippen molar-refractivity contribution >= 4 is 12.1 Å². The topological polar surface area (TPSA) is 55.8 Å². The Morgan fingerprint density at radius 3 is 2.48 bits per heavy atom. The average Bonchev–Trinajstić information content (AvgIpc) is 2.93. The maximum absolute atomic E-state index is 12.9. The maximum Gasteiger partial charge on any atom is 0.411 e. The number of hydrogen-bond donors (Lipinski definition) is 0. The van der Waals surface area contributed by atoms with Gasteiger partial charge in [-0.05, 0) is 58.4 Å². The Bertz CT molecular complexity index is 650. The lowest BCUT2D eigenvalue weighted by Gasteiger charge is -2.32. The van der Waals surface area contributed by atoms with E-state index < -0.39 is 17.7 Å². The lowest BCUT2D eigenvalue weighted by molar-refractivity contribution is -0.148. The highest BCUT2D eigenvalue weighted by atomic mass is 16.6. The first-order valence-electron chi connectivity index (χ1n) is 9.59. The number of amides is 1. The van der Waals surface area contributed by atoms with Crippen molar-refractivity contribution in [3.63, 3.8) is 0 Å². The predicted octanol–water partition coefficient (Wildman–Crippen LogP) is 4.36. The third-order valence-electron chi connectivity index (χ3n) is 4.68. The van der Waals surface area contributed by atoms with E-state index in [0.29, 0.717) is 12.8 Å². The van der Waals surface area contributed by atoms with Gasteiger partial charge in [0.15, 0.2) is 0 Å². The molecule has 0 N–H and O–H groups in total. The van der Waals surface area contributed by atoms with Crippen LogP contribution in [0, 0.1) is 5.92 Å². The number of carbonyl (C=O) groups is 2. The summed E-state index contributed by atoms with van der Waals surface area (Å²) < 4.78 is 10.8. The zero-order valence-electron chi connectivity index (χ0n) is 16.8. The minimum Gasteiger partial charge on any atom is -0.464 e. The number of nitrogens with zero attached hydrogens (tertiary/aromatic N) is 1. The number of likely N-dealkylation sites (tertiary alicyclic amines) is 1. The van der Waals surface area contributed by atoms with E-state index in [4.69, 9.17) is 9.47 Å². The van der Waals surface area contributed by atoms with Crippen molar-refractivity contribution in [2.75, 3.05) is 6.61 Å². The molecule has 0 aliphatic carbocycles. The lowest BCUT2D eigenvalue weighted by Crippen LogP contribution is -2.48. The van der Waals surface area contributed by atoms with Gasteiger partial charge in [-0.25, -0.2) is 9.59 Å². The van der Waals surface area contributed by atoms with Crippen LogP contribution in [0.2, 0.25) is 0 Å². The van der Waals surface area contributed by atoms with Crippen molar-refractivity contribution in [1.82, 2.24) is 4.90 Å². The van der Waals surface area contributed by atoms with Crippen molar-refractivity contribution in [3.05, 3.63) is 48.6 Å². The van der Waals surface area contributed by atoms with Crippen molar-refractivity contribution in [3.8, 4) is 0 Å². The van der Waals surface area contributed by atoms with Gasteiger partial charge in [0.1, 0.15) is 11.6 Å². The van der Waals surface area contributed by atoms with Crippen LogP contribution in [0.3, 0.4) is 0 Å². The molecule has 0 bridgehead atoms. The fraction of sp³-hybridized carbons (Fsp3) is 0.545. The van der Waals surface area contributed by atoms with Gasteiger partial charge in [-0.2, -0.15) is 0 Å². The molecule has 0 aromatic heterocycles. The monoisotopic (exact) mass is 373 g/mol. The van der Waals surface area contributed by atoms with Crippen molar-refractivity contribution in [2.45, 2.75) is 64.6 Å². The summed E-state index contributed by atoms with van der Waals surface area (Å²) in [4.78, 5) is 27.1. The van der Waals surface area contributed by atoms with Gasteiger partial charge < -0.3 is 9.47 Å². The molecule has 3 atom stereocenters. The van der Waals surface area contributed by atoms with E-state index in [1.807, 2.05) is 39.0 Å². The average molecular weight is 373 g/mol. The third kappa shape index (κ3) is 5.59. The summed E-state index contributed by atoms with van der Waals surface area (Å²) in [7, 11) is 0. The van der Waals surface area contributed by atoms with Crippen LogP contribution in [0.1, 0.15) is 46.1 Å². The largest absolute Gasteiger partial charge is 0.464 e. The Hall–Kier alpha value is -2.30. The van der Waals surface area contributed by atoms with Gasteiger partial charge in [-0.1, -0.05) is 36.4 Å². The smallest absolute Gasteiger partial charge is 0.411 e. The summed E-state index contributed by atoms with van der Waals surface area (Å²) in [5, 5.41) is 0. The molecule has 0 unspecified atom stereocenters. The van der Waals surface area contributed by atoms with E-state index >= 15 is 0 Å². The van der Waals surface area contributed by atoms with Crippen LogP contribution in [0.15, 0.2) is 43.0 Å². The minimum absolute atomic E-state index is 0.132. The second kappa shape index (κ2) is 9.07. The Balaban J connectivity index is 2.31. The highest BCUT2D eigenvalue weighted by Gasteiger charge is 2.48. The molecule has 148 valence electrons. The van der Waals surface area contributed by atoms with E-state index in [1.165, 1.54) is 5.56 Å². The first-order valence-corrected chi connectivity index (χ1v) is 9.59. The summed E-state index contributed by atoms with van der Waals surface area (Å²) in [6, 6.07) is 9.35. The number of rotatable bonds is 6. The quantitative estimate of drug-likeness (QED) is 0.549. The van der Waals surface area contributed by atoms with Gasteiger partial charge in [-0.3, -0.25) is 4.90 Å². The summed E-state index contributed by atoms with van der Waals surface area (Å²) >= 11 is 0. The van der Waals surface area contributed by atoms with Crippen LogP contribution in [0.25, 0.3) is 0 Å². The van der Waals surface area contributed by atoms with E-state index in [2.05, 4.69) is 18.7 Å². The number of esters is 1. The molecule has 5 heteroatoms. The Kier molecular flexibility index (Phi) is 7.05. The van der Waals surface area contributed by atoms with E-state index in [-0.39, 0.29) is 24.5 Å². The first kappa shape index (κ1) is 21.0. The van der Waals surface area contributed by atoms with Crippen LogP contribution in [0.4, 0.5) is 4.79 Å². The molecule has 1 aliphatic heterocycles. The summed E-state index contributed by atoms with van der Waals surface area (Å²) in [6.45, 7) is 11.4. The fourth-order valence-electron chi connectivity index (χ4n) is 3.65. The second-order valence-corrected chi connectivity index (χ2v) is 7.93. The zero-order valence-corrected chi connectivity index (χ0v) is 16.8. The molecule has 1 amide bonds. The van der Waals surface area contributed by atoms with Gasteiger partial charge in [0.05, 0.1) is 6.61 Å². The van der Waals surface area contributed by atoms with Crippen LogP contribution in [-0.4, -0.2) is 41.3 Å². The van der Waals surface area contributed by atoms with Crippen molar-refractivity contribution < 1.29 is 19.1 Å².